The predicted molar refractivity (Wildman–Crippen MR) is 88.3 cm³/mol. The Kier molecular flexibility index (Phi) is 4.52. The Labute approximate surface area is 139 Å². The number of amides is 2. The lowest BCUT2D eigenvalue weighted by molar-refractivity contribution is -0.132. The van der Waals surface area contributed by atoms with E-state index in [1.165, 1.54) is 11.1 Å². The van der Waals surface area contributed by atoms with Crippen LogP contribution < -0.4 is 10.6 Å². The largest absolute Gasteiger partial charge is 0.348 e. The molecule has 2 N–H and O–H groups in total. The van der Waals surface area contributed by atoms with Crippen molar-refractivity contribution in [1.82, 2.24) is 10.6 Å². The number of hydrogen-bond donors (Lipinski definition) is 2. The summed E-state index contributed by atoms with van der Waals surface area (Å²) in [4.78, 5) is 24.2. The number of nitrogens with one attached hydrogen (secondary N) is 2. The summed E-state index contributed by atoms with van der Waals surface area (Å²) in [6.45, 7) is 1.75. The molecule has 0 radical (unpaired) electrons. The van der Waals surface area contributed by atoms with Crippen LogP contribution >= 0.6 is 15.9 Å². The van der Waals surface area contributed by atoms with E-state index in [4.69, 9.17) is 0 Å². The van der Waals surface area contributed by atoms with E-state index in [9.17, 15) is 9.59 Å². The van der Waals surface area contributed by atoms with Crippen molar-refractivity contribution >= 4 is 27.7 Å². The molecule has 1 aromatic carbocycles. The molecule has 4 nitrogen and oxygen atoms in total. The molecule has 0 spiro atoms. The van der Waals surface area contributed by atoms with Crippen LogP contribution in [0.15, 0.2) is 22.7 Å². The average molecular weight is 365 g/mol. The number of rotatable bonds is 4. The second-order valence-corrected chi connectivity index (χ2v) is 7.12. The highest BCUT2D eigenvalue weighted by Gasteiger charge is 2.30. The SMILES string of the molecule is CC(NC(=O)C1CCC1)C(=O)NC1CCc2c(Br)cccc21. The van der Waals surface area contributed by atoms with E-state index in [-0.39, 0.29) is 23.8 Å². The minimum absolute atomic E-state index is 0.0171. The van der Waals surface area contributed by atoms with Crippen molar-refractivity contribution in [2.45, 2.75) is 51.1 Å². The van der Waals surface area contributed by atoms with Crippen LogP contribution in [-0.4, -0.2) is 17.9 Å². The molecule has 3 rings (SSSR count). The third-order valence-corrected chi connectivity index (χ3v) is 5.50. The van der Waals surface area contributed by atoms with Crippen molar-refractivity contribution in [2.75, 3.05) is 0 Å². The summed E-state index contributed by atoms with van der Waals surface area (Å²) < 4.78 is 1.10. The van der Waals surface area contributed by atoms with Gasteiger partial charge in [-0.25, -0.2) is 0 Å². The standard InChI is InChI=1S/C17H21BrN2O2/c1-10(19-17(22)11-4-2-5-11)16(21)20-15-9-8-12-13(15)6-3-7-14(12)18/h3,6-7,10-11,15H,2,4-5,8-9H2,1H3,(H,19,22)(H,20,21). The van der Waals surface area contributed by atoms with Crippen LogP contribution in [-0.2, 0) is 16.0 Å². The lowest BCUT2D eigenvalue weighted by atomic mass is 9.84. The van der Waals surface area contributed by atoms with E-state index >= 15 is 0 Å². The first-order valence-electron chi connectivity index (χ1n) is 7.94. The second-order valence-electron chi connectivity index (χ2n) is 6.27. The van der Waals surface area contributed by atoms with Crippen molar-refractivity contribution in [3.05, 3.63) is 33.8 Å². The normalized spacial score (nSPS) is 21.6. The van der Waals surface area contributed by atoms with Crippen molar-refractivity contribution < 1.29 is 9.59 Å². The van der Waals surface area contributed by atoms with Crippen molar-refractivity contribution in [3.63, 3.8) is 0 Å². The number of benzene rings is 1. The lowest BCUT2D eigenvalue weighted by Crippen LogP contribution is -2.48. The first-order valence-corrected chi connectivity index (χ1v) is 8.73. The van der Waals surface area contributed by atoms with Crippen LogP contribution in [0.4, 0.5) is 0 Å². The minimum atomic E-state index is -0.482. The molecular weight excluding hydrogens is 344 g/mol. The van der Waals surface area contributed by atoms with Gasteiger partial charge in [-0.05, 0) is 49.8 Å². The second kappa shape index (κ2) is 6.41. The molecule has 0 saturated heterocycles. The Hall–Kier alpha value is -1.36. The fourth-order valence-corrected chi connectivity index (χ4v) is 3.70. The van der Waals surface area contributed by atoms with E-state index in [1.807, 2.05) is 12.1 Å². The molecule has 0 bridgehead atoms. The molecule has 0 heterocycles. The zero-order valence-electron chi connectivity index (χ0n) is 12.7. The molecule has 2 amide bonds. The maximum atomic E-state index is 12.3. The van der Waals surface area contributed by atoms with Gasteiger partial charge in [0.15, 0.2) is 0 Å². The van der Waals surface area contributed by atoms with Crippen LogP contribution in [0.1, 0.15) is 49.8 Å². The molecule has 2 unspecified atom stereocenters. The molecule has 1 saturated carbocycles. The van der Waals surface area contributed by atoms with Gasteiger partial charge in [-0.1, -0.05) is 34.5 Å². The molecule has 1 aromatic rings. The maximum absolute atomic E-state index is 12.3. The van der Waals surface area contributed by atoms with Gasteiger partial charge in [0, 0.05) is 10.4 Å². The zero-order valence-corrected chi connectivity index (χ0v) is 14.3. The predicted octanol–water partition coefficient (Wildman–Crippen LogP) is 2.86. The quantitative estimate of drug-likeness (QED) is 0.862. The van der Waals surface area contributed by atoms with Gasteiger partial charge in [0.25, 0.3) is 0 Å². The van der Waals surface area contributed by atoms with Crippen LogP contribution in [0.25, 0.3) is 0 Å². The molecule has 0 aromatic heterocycles. The summed E-state index contributed by atoms with van der Waals surface area (Å²) >= 11 is 3.56. The molecule has 0 aliphatic heterocycles. The van der Waals surface area contributed by atoms with E-state index in [0.29, 0.717) is 0 Å². The monoisotopic (exact) mass is 364 g/mol. The Morgan fingerprint density at radius 2 is 2.05 bits per heavy atom. The van der Waals surface area contributed by atoms with Crippen molar-refractivity contribution in [3.8, 4) is 0 Å². The van der Waals surface area contributed by atoms with Crippen molar-refractivity contribution in [2.24, 2.45) is 5.92 Å². The van der Waals surface area contributed by atoms with Gasteiger partial charge in [-0.3, -0.25) is 9.59 Å². The number of carbonyl (C=O) groups is 2. The van der Waals surface area contributed by atoms with Crippen molar-refractivity contribution in [1.29, 1.82) is 0 Å². The Morgan fingerprint density at radius 1 is 1.27 bits per heavy atom. The summed E-state index contributed by atoms with van der Waals surface area (Å²) in [6, 6.07) is 5.65. The first kappa shape index (κ1) is 15.5. The molecular formula is C17H21BrN2O2. The molecule has 2 atom stereocenters. The first-order chi connectivity index (χ1) is 10.6. The Bertz CT molecular complexity index is 598. The molecule has 22 heavy (non-hydrogen) atoms. The molecule has 5 heteroatoms. The van der Waals surface area contributed by atoms with Gasteiger partial charge in [0.05, 0.1) is 6.04 Å². The summed E-state index contributed by atoms with van der Waals surface area (Å²) in [5.41, 5.74) is 2.46. The molecule has 2 aliphatic rings. The van der Waals surface area contributed by atoms with E-state index in [2.05, 4.69) is 32.6 Å². The number of halogens is 1. The maximum Gasteiger partial charge on any atom is 0.242 e. The Balaban J connectivity index is 1.58. The fourth-order valence-electron chi connectivity index (χ4n) is 3.12. The van der Waals surface area contributed by atoms with Crippen LogP contribution in [0, 0.1) is 5.92 Å². The molecule has 1 fully saturated rings. The van der Waals surface area contributed by atoms with Crippen LogP contribution in [0.5, 0.6) is 0 Å². The highest BCUT2D eigenvalue weighted by molar-refractivity contribution is 9.10. The van der Waals surface area contributed by atoms with Gasteiger partial charge in [0.2, 0.25) is 11.8 Å². The highest BCUT2D eigenvalue weighted by atomic mass is 79.9. The summed E-state index contributed by atoms with van der Waals surface area (Å²) in [5, 5.41) is 5.90. The minimum Gasteiger partial charge on any atom is -0.348 e. The number of hydrogen-bond acceptors (Lipinski definition) is 2. The van der Waals surface area contributed by atoms with E-state index < -0.39 is 6.04 Å². The van der Waals surface area contributed by atoms with E-state index in [1.54, 1.807) is 6.92 Å². The summed E-state index contributed by atoms with van der Waals surface area (Å²) in [7, 11) is 0. The van der Waals surface area contributed by atoms with Gasteiger partial charge in [-0.15, -0.1) is 0 Å². The topological polar surface area (TPSA) is 58.2 Å². The number of carbonyl (C=O) groups excluding carboxylic acids is 2. The molecule has 2 aliphatic carbocycles. The lowest BCUT2D eigenvalue weighted by Gasteiger charge is -2.26. The third kappa shape index (κ3) is 3.05. The summed E-state index contributed by atoms with van der Waals surface area (Å²) in [5.74, 6) is 0.0207. The van der Waals surface area contributed by atoms with Gasteiger partial charge in [0.1, 0.15) is 6.04 Å². The van der Waals surface area contributed by atoms with Crippen LogP contribution in [0.2, 0.25) is 0 Å². The zero-order chi connectivity index (χ0) is 15.7. The average Bonchev–Trinajstić information content (AvgIpc) is 2.81. The Morgan fingerprint density at radius 3 is 2.73 bits per heavy atom. The van der Waals surface area contributed by atoms with Gasteiger partial charge < -0.3 is 10.6 Å². The van der Waals surface area contributed by atoms with E-state index in [0.717, 1.165) is 36.6 Å². The van der Waals surface area contributed by atoms with Crippen LogP contribution in [0.3, 0.4) is 0 Å². The smallest absolute Gasteiger partial charge is 0.242 e. The highest BCUT2D eigenvalue weighted by Crippen LogP contribution is 2.35. The summed E-state index contributed by atoms with van der Waals surface area (Å²) in [6.07, 6.45) is 4.89. The van der Waals surface area contributed by atoms with Gasteiger partial charge >= 0.3 is 0 Å². The van der Waals surface area contributed by atoms with Gasteiger partial charge in [-0.2, -0.15) is 0 Å². The number of fused-ring (bicyclic) bond motifs is 1. The third-order valence-electron chi connectivity index (χ3n) is 4.76. The molecule has 118 valence electrons. The fraction of sp³-hybridized carbons (Fsp3) is 0.529.